The number of halogens is 1. The molecule has 0 N–H and O–H groups in total. The molecule has 0 aliphatic carbocycles. The summed E-state index contributed by atoms with van der Waals surface area (Å²) in [5.41, 5.74) is 4.21. The number of aryl methyl sites for hydroxylation is 1. The molecular formula is C25H23BrN4O2. The quantitative estimate of drug-likeness (QED) is 0.406. The maximum atomic E-state index is 13.6. The Morgan fingerprint density at radius 3 is 2.50 bits per heavy atom. The van der Waals surface area contributed by atoms with Gasteiger partial charge in [0.15, 0.2) is 5.76 Å². The van der Waals surface area contributed by atoms with E-state index >= 15 is 0 Å². The average Bonchev–Trinajstić information content (AvgIpc) is 3.23. The highest BCUT2D eigenvalue weighted by Gasteiger charge is 2.25. The molecule has 5 rings (SSSR count). The van der Waals surface area contributed by atoms with Gasteiger partial charge in [0.25, 0.3) is 5.91 Å². The van der Waals surface area contributed by atoms with Crippen LogP contribution < -0.4 is 0 Å². The summed E-state index contributed by atoms with van der Waals surface area (Å²) in [4.78, 5) is 22.6. The van der Waals surface area contributed by atoms with Gasteiger partial charge in [0.2, 0.25) is 0 Å². The lowest BCUT2D eigenvalue weighted by atomic mass is 10.0. The molecule has 1 aliphatic heterocycles. The summed E-state index contributed by atoms with van der Waals surface area (Å²) < 4.78 is 6.35. The lowest BCUT2D eigenvalue weighted by Crippen LogP contribution is -2.48. The molecule has 0 unspecified atom stereocenters. The Morgan fingerprint density at radius 2 is 1.78 bits per heavy atom. The number of benzene rings is 2. The normalized spacial score (nSPS) is 14.8. The van der Waals surface area contributed by atoms with Crippen LogP contribution in [0.3, 0.4) is 0 Å². The minimum Gasteiger partial charge on any atom is -0.360 e. The van der Waals surface area contributed by atoms with Crippen molar-refractivity contribution in [3.63, 3.8) is 0 Å². The van der Waals surface area contributed by atoms with Crippen molar-refractivity contribution < 1.29 is 9.32 Å². The zero-order chi connectivity index (χ0) is 22.1. The highest BCUT2D eigenvalue weighted by atomic mass is 79.9. The van der Waals surface area contributed by atoms with Crippen LogP contribution >= 0.6 is 15.9 Å². The number of pyridine rings is 1. The number of aromatic nitrogens is 2. The monoisotopic (exact) mass is 490 g/mol. The maximum absolute atomic E-state index is 13.6. The number of para-hydroxylation sites is 1. The summed E-state index contributed by atoms with van der Waals surface area (Å²) in [6.07, 6.45) is 0. The predicted molar refractivity (Wildman–Crippen MR) is 127 cm³/mol. The third-order valence-electron chi connectivity index (χ3n) is 5.80. The van der Waals surface area contributed by atoms with Crippen LogP contribution in [-0.2, 0) is 6.54 Å². The summed E-state index contributed by atoms with van der Waals surface area (Å²) in [5.74, 6) is 0.915. The molecule has 2 aromatic heterocycles. The van der Waals surface area contributed by atoms with Crippen LogP contribution in [0.15, 0.2) is 69.7 Å². The highest BCUT2D eigenvalue weighted by Crippen LogP contribution is 2.27. The summed E-state index contributed by atoms with van der Waals surface area (Å²) in [5, 5.41) is 4.84. The van der Waals surface area contributed by atoms with Crippen LogP contribution in [-0.4, -0.2) is 52.0 Å². The van der Waals surface area contributed by atoms with Crippen LogP contribution in [0.5, 0.6) is 0 Å². The molecule has 1 aliphatic rings. The van der Waals surface area contributed by atoms with Crippen molar-refractivity contribution in [2.75, 3.05) is 26.2 Å². The Bertz CT molecular complexity index is 1260. The number of hydrogen-bond donors (Lipinski definition) is 0. The summed E-state index contributed by atoms with van der Waals surface area (Å²) >= 11 is 3.48. The molecule has 0 radical (unpaired) electrons. The zero-order valence-corrected chi connectivity index (χ0v) is 19.4. The van der Waals surface area contributed by atoms with Gasteiger partial charge in [-0.3, -0.25) is 9.69 Å². The van der Waals surface area contributed by atoms with E-state index in [1.165, 1.54) is 0 Å². The molecule has 2 aromatic carbocycles. The number of hydrogen-bond acceptors (Lipinski definition) is 5. The highest BCUT2D eigenvalue weighted by molar-refractivity contribution is 9.10. The molecule has 1 fully saturated rings. The molecule has 32 heavy (non-hydrogen) atoms. The van der Waals surface area contributed by atoms with Gasteiger partial charge in [-0.15, -0.1) is 0 Å². The van der Waals surface area contributed by atoms with Crippen molar-refractivity contribution >= 4 is 32.7 Å². The lowest BCUT2D eigenvalue weighted by Gasteiger charge is -2.34. The minimum absolute atomic E-state index is 0.0529. The SMILES string of the molecule is Cc1cc(CN2CCN(C(=O)c3cc(-c4ccc(Br)cc4)nc4ccccc34)CC2)on1. The molecule has 6 nitrogen and oxygen atoms in total. The number of amides is 1. The first-order chi connectivity index (χ1) is 15.6. The van der Waals surface area contributed by atoms with E-state index in [1.54, 1.807) is 0 Å². The third-order valence-corrected chi connectivity index (χ3v) is 6.33. The van der Waals surface area contributed by atoms with Gasteiger partial charge in [0.05, 0.1) is 29.0 Å². The van der Waals surface area contributed by atoms with Crippen molar-refractivity contribution in [3.05, 3.63) is 82.2 Å². The molecule has 0 atom stereocenters. The van der Waals surface area contributed by atoms with E-state index in [2.05, 4.69) is 26.0 Å². The number of rotatable bonds is 4. The van der Waals surface area contributed by atoms with E-state index in [9.17, 15) is 4.79 Å². The van der Waals surface area contributed by atoms with Crippen LogP contribution in [0.4, 0.5) is 0 Å². The Balaban J connectivity index is 1.39. The maximum Gasteiger partial charge on any atom is 0.254 e. The second kappa shape index (κ2) is 8.84. The number of fused-ring (bicyclic) bond motifs is 1. The standard InChI is InChI=1S/C25H23BrN4O2/c1-17-14-20(32-28-17)16-29-10-12-30(13-11-29)25(31)22-15-24(18-6-8-19(26)9-7-18)27-23-5-3-2-4-21(22)23/h2-9,14-15H,10-13,16H2,1H3. The second-order valence-corrected chi connectivity index (χ2v) is 9.00. The van der Waals surface area contributed by atoms with Crippen molar-refractivity contribution in [3.8, 4) is 11.3 Å². The van der Waals surface area contributed by atoms with Gasteiger partial charge in [-0.25, -0.2) is 4.98 Å². The van der Waals surface area contributed by atoms with E-state index in [0.29, 0.717) is 18.7 Å². The molecule has 4 aromatic rings. The average molecular weight is 491 g/mol. The van der Waals surface area contributed by atoms with E-state index in [4.69, 9.17) is 9.51 Å². The number of carbonyl (C=O) groups is 1. The van der Waals surface area contributed by atoms with Gasteiger partial charge < -0.3 is 9.42 Å². The number of piperazine rings is 1. The van der Waals surface area contributed by atoms with Gasteiger partial charge >= 0.3 is 0 Å². The molecule has 0 bridgehead atoms. The van der Waals surface area contributed by atoms with Crippen molar-refractivity contribution in [1.29, 1.82) is 0 Å². The topological polar surface area (TPSA) is 62.5 Å². The molecule has 0 spiro atoms. The first kappa shape index (κ1) is 20.8. The molecule has 1 saturated heterocycles. The Hall–Kier alpha value is -3.03. The van der Waals surface area contributed by atoms with Gasteiger partial charge in [-0.1, -0.05) is 51.4 Å². The molecule has 1 amide bonds. The zero-order valence-electron chi connectivity index (χ0n) is 17.8. The summed E-state index contributed by atoms with van der Waals surface area (Å²) in [6, 6.07) is 19.7. The molecule has 162 valence electrons. The van der Waals surface area contributed by atoms with Crippen molar-refractivity contribution in [1.82, 2.24) is 19.9 Å². The van der Waals surface area contributed by atoms with Crippen LogP contribution in [0.2, 0.25) is 0 Å². The fourth-order valence-corrected chi connectivity index (χ4v) is 4.38. The third kappa shape index (κ3) is 4.31. The van der Waals surface area contributed by atoms with E-state index in [1.807, 2.05) is 72.5 Å². The smallest absolute Gasteiger partial charge is 0.254 e. The first-order valence-electron chi connectivity index (χ1n) is 10.7. The van der Waals surface area contributed by atoms with Crippen molar-refractivity contribution in [2.24, 2.45) is 0 Å². The Morgan fingerprint density at radius 1 is 1.03 bits per heavy atom. The van der Waals surface area contributed by atoms with Crippen molar-refractivity contribution in [2.45, 2.75) is 13.5 Å². The summed E-state index contributed by atoms with van der Waals surface area (Å²) in [6.45, 7) is 5.59. The van der Waals surface area contributed by atoms with E-state index in [-0.39, 0.29) is 5.91 Å². The van der Waals surface area contributed by atoms with Gasteiger partial charge in [0.1, 0.15) is 0 Å². The Kier molecular flexibility index (Phi) is 5.76. The van der Waals surface area contributed by atoms with Crippen LogP contribution in [0.25, 0.3) is 22.2 Å². The first-order valence-corrected chi connectivity index (χ1v) is 11.5. The van der Waals surface area contributed by atoms with Gasteiger partial charge in [0, 0.05) is 47.7 Å². The van der Waals surface area contributed by atoms with Gasteiger partial charge in [-0.2, -0.15) is 0 Å². The van der Waals surface area contributed by atoms with E-state index < -0.39 is 0 Å². The summed E-state index contributed by atoms with van der Waals surface area (Å²) in [7, 11) is 0. The number of nitrogens with zero attached hydrogens (tertiary/aromatic N) is 4. The molecular weight excluding hydrogens is 468 g/mol. The largest absolute Gasteiger partial charge is 0.360 e. The minimum atomic E-state index is 0.0529. The predicted octanol–water partition coefficient (Wildman–Crippen LogP) is 4.92. The lowest BCUT2D eigenvalue weighted by molar-refractivity contribution is 0.0619. The fraction of sp³-hybridized carbons (Fsp3) is 0.240. The van der Waals surface area contributed by atoms with Crippen LogP contribution in [0, 0.1) is 6.92 Å². The van der Waals surface area contributed by atoms with E-state index in [0.717, 1.165) is 57.7 Å². The Labute approximate surface area is 195 Å². The van der Waals surface area contributed by atoms with Crippen LogP contribution in [0.1, 0.15) is 21.8 Å². The molecule has 3 heterocycles. The van der Waals surface area contributed by atoms with Gasteiger partial charge in [-0.05, 0) is 31.2 Å². The molecule has 7 heteroatoms. The fourth-order valence-electron chi connectivity index (χ4n) is 4.11. The number of carbonyl (C=O) groups excluding carboxylic acids is 1. The molecule has 0 saturated carbocycles. The second-order valence-electron chi connectivity index (χ2n) is 8.08.